The van der Waals surface area contributed by atoms with Crippen molar-refractivity contribution in [2.24, 2.45) is 11.8 Å². The second-order valence-electron chi connectivity index (χ2n) is 8.10. The van der Waals surface area contributed by atoms with Crippen molar-refractivity contribution in [3.05, 3.63) is 0 Å². The Kier molecular flexibility index (Phi) is 33.6. The molecule has 0 aliphatic heterocycles. The van der Waals surface area contributed by atoms with Gasteiger partial charge in [-0.05, 0) is 12.8 Å². The predicted molar refractivity (Wildman–Crippen MR) is 127 cm³/mol. The maximum atomic E-state index is 10.0. The van der Waals surface area contributed by atoms with Crippen LogP contribution in [0.2, 0.25) is 0 Å². The molecule has 0 aromatic heterocycles. The lowest BCUT2D eigenvalue weighted by molar-refractivity contribution is -0.141. The molecule has 0 saturated heterocycles. The SMILES string of the molecule is CC(C)C(=O)O.CC(C)C(=O)O.CCCCCCCC(=O)O.CCCCCCCC(=O)O. The van der Waals surface area contributed by atoms with Crippen molar-refractivity contribution in [1.29, 1.82) is 0 Å². The lowest BCUT2D eigenvalue weighted by atomic mass is 10.1. The number of carboxylic acid groups (broad SMARTS) is 4. The van der Waals surface area contributed by atoms with Crippen molar-refractivity contribution in [3.63, 3.8) is 0 Å². The van der Waals surface area contributed by atoms with E-state index in [4.69, 9.17) is 20.4 Å². The van der Waals surface area contributed by atoms with Crippen LogP contribution in [0.3, 0.4) is 0 Å². The molecule has 0 unspecified atom stereocenters. The third kappa shape index (κ3) is 51.0. The maximum absolute atomic E-state index is 10.0. The van der Waals surface area contributed by atoms with Crippen LogP contribution in [0.4, 0.5) is 0 Å². The van der Waals surface area contributed by atoms with Gasteiger partial charge in [0.05, 0.1) is 11.8 Å². The van der Waals surface area contributed by atoms with Crippen LogP contribution in [0.25, 0.3) is 0 Å². The van der Waals surface area contributed by atoms with Gasteiger partial charge in [0.1, 0.15) is 0 Å². The summed E-state index contributed by atoms with van der Waals surface area (Å²) in [6, 6.07) is 0. The Hall–Kier alpha value is -2.12. The van der Waals surface area contributed by atoms with E-state index in [1.165, 1.54) is 38.5 Å². The molecule has 0 rings (SSSR count). The van der Waals surface area contributed by atoms with Gasteiger partial charge < -0.3 is 20.4 Å². The highest BCUT2D eigenvalue weighted by molar-refractivity contribution is 5.69. The molecule has 0 fully saturated rings. The second kappa shape index (κ2) is 28.9. The number of carboxylic acids is 4. The Morgan fingerprint density at radius 3 is 0.875 bits per heavy atom. The van der Waals surface area contributed by atoms with Crippen molar-refractivity contribution < 1.29 is 39.6 Å². The van der Waals surface area contributed by atoms with E-state index in [1.54, 1.807) is 27.7 Å². The van der Waals surface area contributed by atoms with Crippen LogP contribution in [0.5, 0.6) is 0 Å². The number of hydrogen-bond acceptors (Lipinski definition) is 4. The molecule has 192 valence electrons. The molecule has 0 radical (unpaired) electrons. The molecule has 8 heteroatoms. The summed E-state index contributed by atoms with van der Waals surface area (Å²) in [6.45, 7) is 10.9. The smallest absolute Gasteiger partial charge is 0.305 e. The summed E-state index contributed by atoms with van der Waals surface area (Å²) >= 11 is 0. The van der Waals surface area contributed by atoms with Gasteiger partial charge >= 0.3 is 23.9 Å². The summed E-state index contributed by atoms with van der Waals surface area (Å²) in [4.78, 5) is 39.5. The van der Waals surface area contributed by atoms with E-state index in [-0.39, 0.29) is 11.8 Å². The minimum Gasteiger partial charge on any atom is -0.481 e. The molecule has 0 atom stereocenters. The maximum Gasteiger partial charge on any atom is 0.305 e. The van der Waals surface area contributed by atoms with Crippen LogP contribution < -0.4 is 0 Å². The van der Waals surface area contributed by atoms with Crippen molar-refractivity contribution in [2.45, 2.75) is 119 Å². The highest BCUT2D eigenvalue weighted by Crippen LogP contribution is 2.05. The van der Waals surface area contributed by atoms with Crippen LogP contribution in [-0.2, 0) is 19.2 Å². The molecular weight excluding hydrogens is 416 g/mol. The molecule has 0 bridgehead atoms. The Balaban J connectivity index is -0.000000168. The topological polar surface area (TPSA) is 149 Å². The Labute approximate surface area is 194 Å². The molecule has 0 aliphatic carbocycles. The fraction of sp³-hybridized carbons (Fsp3) is 0.833. The van der Waals surface area contributed by atoms with Gasteiger partial charge in [-0.2, -0.15) is 0 Å². The van der Waals surface area contributed by atoms with Gasteiger partial charge in [0.15, 0.2) is 0 Å². The zero-order valence-electron chi connectivity index (χ0n) is 21.1. The minimum atomic E-state index is -0.741. The summed E-state index contributed by atoms with van der Waals surface area (Å²) in [7, 11) is 0. The van der Waals surface area contributed by atoms with E-state index in [0.29, 0.717) is 12.8 Å². The van der Waals surface area contributed by atoms with Crippen LogP contribution in [0.15, 0.2) is 0 Å². The average Bonchev–Trinajstić information content (AvgIpc) is 2.68. The van der Waals surface area contributed by atoms with Crippen LogP contribution in [0.1, 0.15) is 119 Å². The fourth-order valence-corrected chi connectivity index (χ4v) is 1.76. The largest absolute Gasteiger partial charge is 0.481 e. The predicted octanol–water partition coefficient (Wildman–Crippen LogP) is 6.32. The van der Waals surface area contributed by atoms with Crippen LogP contribution in [-0.4, -0.2) is 44.3 Å². The molecule has 0 aromatic rings. The van der Waals surface area contributed by atoms with Crippen molar-refractivity contribution in [1.82, 2.24) is 0 Å². The van der Waals surface area contributed by atoms with Crippen LogP contribution in [0, 0.1) is 11.8 Å². The number of hydrogen-bond donors (Lipinski definition) is 4. The van der Waals surface area contributed by atoms with E-state index in [9.17, 15) is 19.2 Å². The van der Waals surface area contributed by atoms with Gasteiger partial charge in [0, 0.05) is 12.8 Å². The first-order valence-electron chi connectivity index (χ1n) is 11.7. The van der Waals surface area contributed by atoms with E-state index >= 15 is 0 Å². The standard InChI is InChI=1S/2C8H16O2.2C4H8O2/c2*1-2-3-4-5-6-7-8(9)10;2*1-3(2)4(5)6/h2*2-7H2,1H3,(H,9,10);2*3H,1-2H3,(H,5,6). The van der Waals surface area contributed by atoms with Gasteiger partial charge in [-0.15, -0.1) is 0 Å². The van der Waals surface area contributed by atoms with E-state index < -0.39 is 23.9 Å². The summed E-state index contributed by atoms with van der Waals surface area (Å²) in [5, 5.41) is 32.5. The molecule has 0 saturated carbocycles. The third-order valence-corrected chi connectivity index (χ3v) is 3.98. The second-order valence-corrected chi connectivity index (χ2v) is 8.10. The third-order valence-electron chi connectivity index (χ3n) is 3.98. The first kappa shape index (κ1) is 37.2. The summed E-state index contributed by atoms with van der Waals surface area (Å²) < 4.78 is 0. The monoisotopic (exact) mass is 464 g/mol. The molecule has 32 heavy (non-hydrogen) atoms. The van der Waals surface area contributed by atoms with Crippen molar-refractivity contribution in [2.75, 3.05) is 0 Å². The Bertz CT molecular complexity index is 417. The highest BCUT2D eigenvalue weighted by Gasteiger charge is 2.00. The van der Waals surface area contributed by atoms with Crippen molar-refractivity contribution >= 4 is 23.9 Å². The van der Waals surface area contributed by atoms with Gasteiger partial charge in [0.2, 0.25) is 0 Å². The lowest BCUT2D eigenvalue weighted by Crippen LogP contribution is -2.03. The molecule has 0 aliphatic rings. The average molecular weight is 465 g/mol. The molecule has 0 amide bonds. The van der Waals surface area contributed by atoms with Gasteiger partial charge in [-0.3, -0.25) is 19.2 Å². The number of rotatable bonds is 14. The molecule has 4 N–H and O–H groups in total. The Morgan fingerprint density at radius 2 is 0.719 bits per heavy atom. The number of unbranched alkanes of at least 4 members (excludes halogenated alkanes) is 8. The summed E-state index contributed by atoms with van der Waals surface area (Å²) in [6.07, 6.45) is 11.8. The summed E-state index contributed by atoms with van der Waals surface area (Å²) in [5.41, 5.74) is 0. The fourth-order valence-electron chi connectivity index (χ4n) is 1.76. The summed E-state index contributed by atoms with van der Waals surface area (Å²) in [5.74, 6) is -3.28. The lowest BCUT2D eigenvalue weighted by Gasteiger charge is -1.95. The first-order valence-corrected chi connectivity index (χ1v) is 11.7. The quantitative estimate of drug-likeness (QED) is 0.218. The highest BCUT2D eigenvalue weighted by atomic mass is 16.4. The van der Waals surface area contributed by atoms with Crippen molar-refractivity contribution in [3.8, 4) is 0 Å². The van der Waals surface area contributed by atoms with Crippen LogP contribution >= 0.6 is 0 Å². The zero-order chi connectivity index (χ0) is 25.9. The minimum absolute atomic E-state index is 0.231. The van der Waals surface area contributed by atoms with E-state index in [2.05, 4.69) is 13.8 Å². The number of carbonyl (C=O) groups is 4. The normalized spacial score (nSPS) is 9.50. The van der Waals surface area contributed by atoms with Gasteiger partial charge in [0.25, 0.3) is 0 Å². The van der Waals surface area contributed by atoms with Gasteiger partial charge in [-0.1, -0.05) is 92.9 Å². The molecule has 8 nitrogen and oxygen atoms in total. The molecule has 0 spiro atoms. The zero-order valence-corrected chi connectivity index (χ0v) is 21.1. The number of aliphatic carboxylic acids is 4. The molecule has 0 aromatic carbocycles. The van der Waals surface area contributed by atoms with Gasteiger partial charge in [-0.25, -0.2) is 0 Å². The first-order chi connectivity index (χ1) is 14.8. The van der Waals surface area contributed by atoms with E-state index in [0.717, 1.165) is 25.7 Å². The molecule has 0 heterocycles. The van der Waals surface area contributed by atoms with E-state index in [1.807, 2.05) is 0 Å². The Morgan fingerprint density at radius 1 is 0.500 bits per heavy atom. The molecular formula is C24H48O8.